The van der Waals surface area contributed by atoms with Crippen LogP contribution < -0.4 is 5.32 Å². The first kappa shape index (κ1) is 16.1. The van der Waals surface area contributed by atoms with Crippen molar-refractivity contribution >= 4 is 33.6 Å². The molecule has 7 heteroatoms. The standard InChI is InChI=1S/C21H14N6O/c28-17-9-8-15(14-7-4-10-22-18(14)17)27-21-19-20(24-12-25-21)23-11-16(26-19)13-5-2-1-3-6-13/h1-12,28H,(H,23,24,25,27). The highest BCUT2D eigenvalue weighted by molar-refractivity contribution is 5.98. The predicted molar refractivity (Wildman–Crippen MR) is 107 cm³/mol. The van der Waals surface area contributed by atoms with E-state index in [0.717, 1.165) is 22.3 Å². The lowest BCUT2D eigenvalue weighted by Crippen LogP contribution is -2.00. The number of pyridine rings is 1. The Morgan fingerprint density at radius 1 is 0.786 bits per heavy atom. The molecule has 0 aliphatic heterocycles. The minimum absolute atomic E-state index is 0.125. The van der Waals surface area contributed by atoms with Gasteiger partial charge in [-0.15, -0.1) is 0 Å². The number of hydrogen-bond donors (Lipinski definition) is 2. The largest absolute Gasteiger partial charge is 0.506 e. The van der Waals surface area contributed by atoms with Gasteiger partial charge in [-0.2, -0.15) is 0 Å². The molecule has 0 bridgehead atoms. The van der Waals surface area contributed by atoms with Crippen LogP contribution in [0.15, 0.2) is 73.3 Å². The van der Waals surface area contributed by atoms with E-state index in [1.54, 1.807) is 24.5 Å². The van der Waals surface area contributed by atoms with Gasteiger partial charge in [0.2, 0.25) is 0 Å². The topological polar surface area (TPSA) is 96.7 Å². The van der Waals surface area contributed by atoms with Gasteiger partial charge in [0.15, 0.2) is 17.0 Å². The van der Waals surface area contributed by atoms with Gasteiger partial charge in [-0.05, 0) is 24.3 Å². The molecule has 2 N–H and O–H groups in total. The third-order valence-corrected chi connectivity index (χ3v) is 4.42. The molecule has 0 aliphatic carbocycles. The molecule has 0 atom stereocenters. The molecular weight excluding hydrogens is 352 g/mol. The van der Waals surface area contributed by atoms with Gasteiger partial charge in [0, 0.05) is 22.8 Å². The minimum atomic E-state index is 0.125. The number of benzene rings is 2. The molecule has 0 fully saturated rings. The van der Waals surface area contributed by atoms with Crippen molar-refractivity contribution in [1.82, 2.24) is 24.9 Å². The van der Waals surface area contributed by atoms with Crippen molar-refractivity contribution in [2.75, 3.05) is 5.32 Å². The maximum absolute atomic E-state index is 10.1. The Bertz CT molecular complexity index is 1310. The summed E-state index contributed by atoms with van der Waals surface area (Å²) < 4.78 is 0. The van der Waals surface area contributed by atoms with Crippen molar-refractivity contribution in [3.8, 4) is 17.0 Å². The van der Waals surface area contributed by atoms with Crippen LogP contribution in [0.1, 0.15) is 0 Å². The molecule has 2 aromatic carbocycles. The predicted octanol–water partition coefficient (Wildman–Crippen LogP) is 4.08. The molecule has 0 amide bonds. The number of rotatable bonds is 3. The maximum atomic E-state index is 10.1. The Balaban J connectivity index is 1.65. The van der Waals surface area contributed by atoms with E-state index in [1.807, 2.05) is 42.5 Å². The third-order valence-electron chi connectivity index (χ3n) is 4.42. The highest BCUT2D eigenvalue weighted by atomic mass is 16.3. The first-order chi connectivity index (χ1) is 13.8. The fourth-order valence-corrected chi connectivity index (χ4v) is 3.07. The van der Waals surface area contributed by atoms with Crippen molar-refractivity contribution in [3.63, 3.8) is 0 Å². The van der Waals surface area contributed by atoms with Crippen molar-refractivity contribution in [3.05, 3.63) is 73.3 Å². The summed E-state index contributed by atoms with van der Waals surface area (Å²) in [6, 6.07) is 16.9. The summed E-state index contributed by atoms with van der Waals surface area (Å²) in [7, 11) is 0. The lowest BCUT2D eigenvalue weighted by Gasteiger charge is -2.11. The normalized spacial score (nSPS) is 11.0. The fourth-order valence-electron chi connectivity index (χ4n) is 3.07. The van der Waals surface area contributed by atoms with Crippen LogP contribution in [0, 0.1) is 0 Å². The van der Waals surface area contributed by atoms with E-state index in [4.69, 9.17) is 4.98 Å². The van der Waals surface area contributed by atoms with Gasteiger partial charge in [-0.25, -0.2) is 19.9 Å². The molecule has 0 saturated carbocycles. The van der Waals surface area contributed by atoms with Crippen LogP contribution in [0.4, 0.5) is 11.5 Å². The Labute approximate surface area is 159 Å². The van der Waals surface area contributed by atoms with Gasteiger partial charge in [0.05, 0.1) is 11.9 Å². The molecular formula is C21H14N6O. The van der Waals surface area contributed by atoms with E-state index in [1.165, 1.54) is 6.33 Å². The Morgan fingerprint density at radius 3 is 2.57 bits per heavy atom. The molecule has 0 spiro atoms. The van der Waals surface area contributed by atoms with Crippen molar-refractivity contribution < 1.29 is 5.11 Å². The van der Waals surface area contributed by atoms with Gasteiger partial charge in [-0.3, -0.25) is 4.98 Å². The summed E-state index contributed by atoms with van der Waals surface area (Å²) in [4.78, 5) is 22.0. The van der Waals surface area contributed by atoms with Crippen LogP contribution in [0.3, 0.4) is 0 Å². The molecule has 134 valence electrons. The van der Waals surface area contributed by atoms with Gasteiger partial charge < -0.3 is 10.4 Å². The molecule has 0 aliphatic rings. The maximum Gasteiger partial charge on any atom is 0.183 e. The second-order valence-electron chi connectivity index (χ2n) is 6.17. The summed E-state index contributed by atoms with van der Waals surface area (Å²) in [5, 5.41) is 14.1. The number of anilines is 2. The monoisotopic (exact) mass is 366 g/mol. The molecule has 0 radical (unpaired) electrons. The van der Waals surface area contributed by atoms with E-state index in [0.29, 0.717) is 22.5 Å². The molecule has 7 nitrogen and oxygen atoms in total. The number of nitrogens with one attached hydrogen (secondary N) is 1. The van der Waals surface area contributed by atoms with Crippen molar-refractivity contribution in [2.45, 2.75) is 0 Å². The SMILES string of the molecule is Oc1ccc(Nc2ncnc3ncc(-c4ccccc4)nc23)c2cccnc12. The van der Waals surface area contributed by atoms with Crippen molar-refractivity contribution in [1.29, 1.82) is 0 Å². The smallest absolute Gasteiger partial charge is 0.183 e. The van der Waals surface area contributed by atoms with E-state index >= 15 is 0 Å². The van der Waals surface area contributed by atoms with Crippen LogP contribution in [0.25, 0.3) is 33.3 Å². The number of nitrogens with zero attached hydrogens (tertiary/aromatic N) is 5. The van der Waals surface area contributed by atoms with Crippen molar-refractivity contribution in [2.24, 2.45) is 0 Å². The van der Waals surface area contributed by atoms with E-state index in [-0.39, 0.29) is 5.75 Å². The summed E-state index contributed by atoms with van der Waals surface area (Å²) in [6.07, 6.45) is 4.79. The van der Waals surface area contributed by atoms with E-state index in [2.05, 4.69) is 25.3 Å². The van der Waals surface area contributed by atoms with Gasteiger partial charge in [-0.1, -0.05) is 30.3 Å². The summed E-state index contributed by atoms with van der Waals surface area (Å²) in [5.41, 5.74) is 4.04. The highest BCUT2D eigenvalue weighted by Crippen LogP contribution is 2.32. The molecule has 0 saturated heterocycles. The van der Waals surface area contributed by atoms with Gasteiger partial charge >= 0.3 is 0 Å². The lowest BCUT2D eigenvalue weighted by atomic mass is 10.1. The second-order valence-corrected chi connectivity index (χ2v) is 6.17. The second kappa shape index (κ2) is 6.55. The lowest BCUT2D eigenvalue weighted by molar-refractivity contribution is 0.480. The van der Waals surface area contributed by atoms with Gasteiger partial charge in [0.25, 0.3) is 0 Å². The Morgan fingerprint density at radius 2 is 1.68 bits per heavy atom. The zero-order valence-corrected chi connectivity index (χ0v) is 14.6. The molecule has 3 aromatic heterocycles. The minimum Gasteiger partial charge on any atom is -0.506 e. The zero-order valence-electron chi connectivity index (χ0n) is 14.6. The van der Waals surface area contributed by atoms with Crippen LogP contribution >= 0.6 is 0 Å². The van der Waals surface area contributed by atoms with E-state index in [9.17, 15) is 5.11 Å². The van der Waals surface area contributed by atoms with Crippen LogP contribution in [0.5, 0.6) is 5.75 Å². The summed E-state index contributed by atoms with van der Waals surface area (Å²) in [5.74, 6) is 0.658. The van der Waals surface area contributed by atoms with Gasteiger partial charge in [0.1, 0.15) is 17.6 Å². The number of phenols is 1. The molecule has 28 heavy (non-hydrogen) atoms. The number of aromatic nitrogens is 5. The Kier molecular flexibility index (Phi) is 3.76. The fraction of sp³-hybridized carbons (Fsp3) is 0. The average molecular weight is 366 g/mol. The quantitative estimate of drug-likeness (QED) is 0.464. The molecule has 3 heterocycles. The van der Waals surface area contributed by atoms with E-state index < -0.39 is 0 Å². The van der Waals surface area contributed by atoms with Crippen LogP contribution in [0.2, 0.25) is 0 Å². The average Bonchev–Trinajstić information content (AvgIpc) is 2.76. The highest BCUT2D eigenvalue weighted by Gasteiger charge is 2.12. The third kappa shape index (κ3) is 2.75. The zero-order chi connectivity index (χ0) is 18.9. The number of fused-ring (bicyclic) bond motifs is 2. The molecule has 0 unspecified atom stereocenters. The number of phenolic OH excluding ortho intramolecular Hbond substituents is 1. The first-order valence-corrected chi connectivity index (χ1v) is 8.66. The first-order valence-electron chi connectivity index (χ1n) is 8.66. The summed E-state index contributed by atoms with van der Waals surface area (Å²) >= 11 is 0. The molecule has 5 rings (SSSR count). The Hall–Kier alpha value is -4.13. The summed E-state index contributed by atoms with van der Waals surface area (Å²) in [6.45, 7) is 0. The van der Waals surface area contributed by atoms with Crippen LogP contribution in [-0.2, 0) is 0 Å². The molecule has 5 aromatic rings. The van der Waals surface area contributed by atoms with Crippen LogP contribution in [-0.4, -0.2) is 30.0 Å². The number of hydrogen-bond acceptors (Lipinski definition) is 7. The number of aromatic hydroxyl groups is 1.